The topological polar surface area (TPSA) is 17.1 Å². The maximum atomic E-state index is 10.0. The van der Waals surface area contributed by atoms with Crippen molar-refractivity contribution in [2.24, 2.45) is 0 Å². The fourth-order valence-corrected chi connectivity index (χ4v) is 0.394. The molecule has 0 aromatic carbocycles. The third kappa shape index (κ3) is 1.83. The molecule has 2 heteroatoms. The summed E-state index contributed by atoms with van der Waals surface area (Å²) < 4.78 is 0. The predicted octanol–water partition coefficient (Wildman–Crippen LogP) is 1.89. The summed E-state index contributed by atoms with van der Waals surface area (Å²) in [6, 6.07) is 0. The number of carbonyl (C=O) groups excluding carboxylic acids is 1. The van der Waals surface area contributed by atoms with Gasteiger partial charge in [-0.15, -0.1) is 11.6 Å². The Hall–Kier alpha value is -0.0400. The second kappa shape index (κ2) is 3.08. The van der Waals surface area contributed by atoms with Gasteiger partial charge in [-0.1, -0.05) is 13.8 Å². The summed E-state index contributed by atoms with van der Waals surface area (Å²) in [5, 5.41) is 0. The summed E-state index contributed by atoms with van der Waals surface area (Å²) in [6.07, 6.45) is 3.12. The summed E-state index contributed by atoms with van der Waals surface area (Å²) >= 11 is 5.67. The zero-order valence-corrected chi connectivity index (χ0v) is 5.96. The minimum atomic E-state index is -0.708. The molecule has 0 N–H and O–H groups in total. The molecule has 0 amide bonds. The Morgan fingerprint density at radius 2 is 1.88 bits per heavy atom. The lowest BCUT2D eigenvalue weighted by molar-refractivity contribution is 0.520. The highest BCUT2D eigenvalue weighted by Gasteiger charge is 2.21. The van der Waals surface area contributed by atoms with Crippen molar-refractivity contribution >= 4 is 17.9 Å². The van der Waals surface area contributed by atoms with Gasteiger partial charge in [0.15, 0.2) is 0 Å². The standard InChI is InChI=1S/C6H10ClO/c1-3-6(7,4-2)5-8/h3-4H2,1-2H3. The zero-order valence-electron chi connectivity index (χ0n) is 5.20. The van der Waals surface area contributed by atoms with Gasteiger partial charge in [0.1, 0.15) is 4.87 Å². The molecule has 0 aliphatic heterocycles. The Morgan fingerprint density at radius 1 is 1.50 bits per heavy atom. The van der Waals surface area contributed by atoms with E-state index in [-0.39, 0.29) is 0 Å². The lowest BCUT2D eigenvalue weighted by Crippen LogP contribution is -2.19. The molecule has 0 spiro atoms. The number of hydrogen-bond donors (Lipinski definition) is 0. The van der Waals surface area contributed by atoms with Crippen molar-refractivity contribution < 1.29 is 4.79 Å². The number of halogens is 1. The van der Waals surface area contributed by atoms with E-state index in [0.717, 1.165) is 0 Å². The highest BCUT2D eigenvalue weighted by molar-refractivity contribution is 6.31. The molecule has 0 rings (SSSR count). The quantitative estimate of drug-likeness (QED) is 0.538. The van der Waals surface area contributed by atoms with Crippen molar-refractivity contribution in [3.8, 4) is 0 Å². The molecule has 0 fully saturated rings. The molecule has 0 bridgehead atoms. The normalized spacial score (nSPS) is 11.4. The summed E-state index contributed by atoms with van der Waals surface area (Å²) in [6.45, 7) is 3.75. The Kier molecular flexibility index (Phi) is 3.06. The van der Waals surface area contributed by atoms with Crippen molar-refractivity contribution in [1.82, 2.24) is 0 Å². The first-order valence-electron chi connectivity index (χ1n) is 2.76. The molecule has 0 unspecified atom stereocenters. The maximum Gasteiger partial charge on any atom is 0.221 e. The molecule has 0 aliphatic rings. The monoisotopic (exact) mass is 133 g/mol. The van der Waals surface area contributed by atoms with Crippen LogP contribution in [0.3, 0.4) is 0 Å². The second-order valence-corrected chi connectivity index (χ2v) is 2.50. The molecule has 8 heavy (non-hydrogen) atoms. The highest BCUT2D eigenvalue weighted by Crippen LogP contribution is 2.19. The first kappa shape index (κ1) is 7.96. The van der Waals surface area contributed by atoms with Gasteiger partial charge in [-0.2, -0.15) is 0 Å². The Bertz CT molecular complexity index is 76.6. The molecule has 0 aromatic heterocycles. The first-order valence-corrected chi connectivity index (χ1v) is 3.14. The third-order valence-corrected chi connectivity index (χ3v) is 1.92. The van der Waals surface area contributed by atoms with Crippen LogP contribution in [-0.2, 0) is 4.79 Å². The number of alkyl halides is 1. The van der Waals surface area contributed by atoms with Gasteiger partial charge in [0.05, 0.1) is 0 Å². The van der Waals surface area contributed by atoms with Crippen molar-refractivity contribution in [2.45, 2.75) is 31.6 Å². The van der Waals surface area contributed by atoms with Crippen molar-refractivity contribution in [3.63, 3.8) is 0 Å². The van der Waals surface area contributed by atoms with Crippen LogP contribution in [0.5, 0.6) is 0 Å². The summed E-state index contributed by atoms with van der Waals surface area (Å²) in [5.41, 5.74) is 0. The van der Waals surface area contributed by atoms with E-state index in [1.165, 1.54) is 0 Å². The number of rotatable bonds is 3. The molecular weight excluding hydrogens is 124 g/mol. The molecular formula is C6H10ClO. The van der Waals surface area contributed by atoms with E-state index in [9.17, 15) is 4.79 Å². The maximum absolute atomic E-state index is 10.0. The first-order chi connectivity index (χ1) is 3.68. The van der Waals surface area contributed by atoms with E-state index < -0.39 is 4.87 Å². The lowest BCUT2D eigenvalue weighted by atomic mass is 10.1. The average molecular weight is 134 g/mol. The van der Waals surface area contributed by atoms with Gasteiger partial charge in [0, 0.05) is 0 Å². The van der Waals surface area contributed by atoms with E-state index >= 15 is 0 Å². The van der Waals surface area contributed by atoms with Crippen molar-refractivity contribution in [2.75, 3.05) is 0 Å². The van der Waals surface area contributed by atoms with Gasteiger partial charge >= 0.3 is 0 Å². The SMILES string of the molecule is CCC(Cl)([C]=O)CC. The molecule has 0 saturated carbocycles. The van der Waals surface area contributed by atoms with Gasteiger partial charge in [-0.25, -0.2) is 0 Å². The summed E-state index contributed by atoms with van der Waals surface area (Å²) in [7, 11) is 0. The Morgan fingerprint density at radius 3 is 1.88 bits per heavy atom. The Labute approximate surface area is 55.0 Å². The highest BCUT2D eigenvalue weighted by atomic mass is 35.5. The molecule has 1 nitrogen and oxygen atoms in total. The Balaban J connectivity index is 3.76. The van der Waals surface area contributed by atoms with E-state index in [1.54, 1.807) is 6.29 Å². The van der Waals surface area contributed by atoms with Crippen LogP contribution in [0.4, 0.5) is 0 Å². The largest absolute Gasteiger partial charge is 0.289 e. The van der Waals surface area contributed by atoms with Crippen LogP contribution in [0.1, 0.15) is 26.7 Å². The molecule has 1 radical (unpaired) electrons. The fraction of sp³-hybridized carbons (Fsp3) is 0.833. The van der Waals surface area contributed by atoms with E-state index in [2.05, 4.69) is 0 Å². The molecule has 0 atom stereocenters. The average Bonchev–Trinajstić information content (AvgIpc) is 1.87. The molecule has 0 saturated heterocycles. The summed E-state index contributed by atoms with van der Waals surface area (Å²) in [5.74, 6) is 0. The van der Waals surface area contributed by atoms with E-state index in [1.807, 2.05) is 13.8 Å². The minimum Gasteiger partial charge on any atom is -0.289 e. The summed E-state index contributed by atoms with van der Waals surface area (Å²) in [4.78, 5) is 9.32. The third-order valence-electron chi connectivity index (χ3n) is 1.30. The van der Waals surface area contributed by atoms with Gasteiger partial charge in [-0.05, 0) is 12.8 Å². The van der Waals surface area contributed by atoms with Crippen LogP contribution >= 0.6 is 11.6 Å². The lowest BCUT2D eigenvalue weighted by Gasteiger charge is -2.12. The van der Waals surface area contributed by atoms with Crippen LogP contribution < -0.4 is 0 Å². The minimum absolute atomic E-state index is 0.661. The van der Waals surface area contributed by atoms with E-state index in [4.69, 9.17) is 11.6 Å². The predicted molar refractivity (Wildman–Crippen MR) is 34.9 cm³/mol. The van der Waals surface area contributed by atoms with Crippen molar-refractivity contribution in [3.05, 3.63) is 0 Å². The van der Waals surface area contributed by atoms with E-state index in [0.29, 0.717) is 12.8 Å². The van der Waals surface area contributed by atoms with Crippen LogP contribution in [0.25, 0.3) is 0 Å². The molecule has 0 heterocycles. The van der Waals surface area contributed by atoms with Crippen LogP contribution in [0, 0.1) is 0 Å². The van der Waals surface area contributed by atoms with Gasteiger partial charge in [-0.3, -0.25) is 4.79 Å². The van der Waals surface area contributed by atoms with Gasteiger partial charge < -0.3 is 0 Å². The van der Waals surface area contributed by atoms with Gasteiger partial charge in [0.25, 0.3) is 0 Å². The second-order valence-electron chi connectivity index (χ2n) is 1.77. The molecule has 0 aromatic rings. The zero-order chi connectivity index (χ0) is 6.62. The van der Waals surface area contributed by atoms with Crippen LogP contribution in [-0.4, -0.2) is 11.2 Å². The van der Waals surface area contributed by atoms with Gasteiger partial charge in [0.2, 0.25) is 6.29 Å². The fourth-order valence-electron chi connectivity index (χ4n) is 0.394. The smallest absolute Gasteiger partial charge is 0.221 e. The number of hydrogen-bond acceptors (Lipinski definition) is 1. The van der Waals surface area contributed by atoms with Crippen molar-refractivity contribution in [1.29, 1.82) is 0 Å². The van der Waals surface area contributed by atoms with Crippen LogP contribution in [0.2, 0.25) is 0 Å². The van der Waals surface area contributed by atoms with Crippen LogP contribution in [0.15, 0.2) is 0 Å². The molecule has 47 valence electrons. The molecule has 0 aliphatic carbocycles.